The molecule has 1 aliphatic rings. The quantitative estimate of drug-likeness (QED) is 0.350. The number of aryl methyl sites for hydroxylation is 2. The van der Waals surface area contributed by atoms with Gasteiger partial charge in [-0.1, -0.05) is 55.3 Å². The Morgan fingerprint density at radius 1 is 0.974 bits per heavy atom. The van der Waals surface area contributed by atoms with Gasteiger partial charge in [0.25, 0.3) is 0 Å². The van der Waals surface area contributed by atoms with E-state index < -0.39 is 26.1 Å². The van der Waals surface area contributed by atoms with E-state index in [4.69, 9.17) is 10.1 Å². The smallest absolute Gasteiger partial charge is 0.243 e. The lowest BCUT2D eigenvalue weighted by Gasteiger charge is -2.36. The van der Waals surface area contributed by atoms with Crippen LogP contribution in [0, 0.1) is 6.92 Å². The zero-order chi connectivity index (χ0) is 27.1. The summed E-state index contributed by atoms with van der Waals surface area (Å²) in [6.07, 6.45) is 2.85. The molecule has 0 spiro atoms. The van der Waals surface area contributed by atoms with Crippen LogP contribution in [0.25, 0.3) is 11.0 Å². The molecule has 0 saturated carbocycles. The van der Waals surface area contributed by atoms with Crippen molar-refractivity contribution >= 4 is 31.1 Å². The Morgan fingerprint density at radius 3 is 2.39 bits per heavy atom. The van der Waals surface area contributed by atoms with Crippen LogP contribution in [0.1, 0.15) is 48.3 Å². The minimum atomic E-state index is -3.88. The Kier molecular flexibility index (Phi) is 7.17. The SMILES string of the molecule is CCCCn1c(C[C@@H]2c3ccccc3CCN2S(=O)(=O)c2ccc(C)cc2)nc2cc(S(N)(=O)=O)ccc21. The third-order valence-corrected chi connectivity index (χ3v) is 10.1. The van der Waals surface area contributed by atoms with Crippen molar-refractivity contribution in [2.75, 3.05) is 6.54 Å². The number of rotatable bonds is 8. The van der Waals surface area contributed by atoms with Crippen LogP contribution in [-0.4, -0.2) is 37.2 Å². The maximum atomic E-state index is 13.9. The van der Waals surface area contributed by atoms with E-state index in [0.29, 0.717) is 37.3 Å². The summed E-state index contributed by atoms with van der Waals surface area (Å²) >= 11 is 0. The van der Waals surface area contributed by atoms with Gasteiger partial charge in [-0.15, -0.1) is 0 Å². The Bertz CT molecular complexity index is 1690. The largest absolute Gasteiger partial charge is 0.328 e. The van der Waals surface area contributed by atoms with Gasteiger partial charge in [-0.25, -0.2) is 27.0 Å². The Balaban J connectivity index is 1.63. The minimum Gasteiger partial charge on any atom is -0.328 e. The number of unbranched alkanes of at least 4 members (excludes halogenated alkanes) is 1. The Morgan fingerprint density at radius 2 is 1.68 bits per heavy atom. The highest BCUT2D eigenvalue weighted by atomic mass is 32.2. The molecule has 0 amide bonds. The lowest BCUT2D eigenvalue weighted by molar-refractivity contribution is 0.300. The third-order valence-electron chi connectivity index (χ3n) is 7.23. The molecule has 200 valence electrons. The van der Waals surface area contributed by atoms with Gasteiger partial charge in [-0.2, -0.15) is 4.31 Å². The highest BCUT2D eigenvalue weighted by Crippen LogP contribution is 2.37. The second-order valence-electron chi connectivity index (χ2n) is 9.83. The first-order valence-corrected chi connectivity index (χ1v) is 15.8. The number of fused-ring (bicyclic) bond motifs is 2. The molecule has 1 aromatic heterocycles. The van der Waals surface area contributed by atoms with Gasteiger partial charge in [0.05, 0.1) is 26.9 Å². The molecule has 38 heavy (non-hydrogen) atoms. The molecule has 0 radical (unpaired) electrons. The molecule has 1 atom stereocenters. The van der Waals surface area contributed by atoms with Gasteiger partial charge in [0.15, 0.2) is 0 Å². The van der Waals surface area contributed by atoms with E-state index in [2.05, 4.69) is 17.6 Å². The number of sulfonamides is 2. The summed E-state index contributed by atoms with van der Waals surface area (Å²) in [5, 5.41) is 5.37. The van der Waals surface area contributed by atoms with Crippen LogP contribution < -0.4 is 5.14 Å². The molecule has 0 unspecified atom stereocenters. The Labute approximate surface area is 224 Å². The summed E-state index contributed by atoms with van der Waals surface area (Å²) in [5.74, 6) is 0.714. The number of nitrogens with zero attached hydrogens (tertiary/aromatic N) is 3. The van der Waals surface area contributed by atoms with Crippen molar-refractivity contribution in [1.29, 1.82) is 0 Å². The van der Waals surface area contributed by atoms with Gasteiger partial charge >= 0.3 is 0 Å². The van der Waals surface area contributed by atoms with Gasteiger partial charge in [0.2, 0.25) is 20.0 Å². The molecule has 2 heterocycles. The van der Waals surface area contributed by atoms with Crippen LogP contribution in [0.5, 0.6) is 0 Å². The van der Waals surface area contributed by atoms with Gasteiger partial charge in [0, 0.05) is 19.5 Å². The molecular weight excluding hydrogens is 520 g/mol. The van der Waals surface area contributed by atoms with Crippen LogP contribution >= 0.6 is 0 Å². The van der Waals surface area contributed by atoms with Gasteiger partial charge < -0.3 is 4.57 Å². The van der Waals surface area contributed by atoms with E-state index in [-0.39, 0.29) is 9.79 Å². The van der Waals surface area contributed by atoms with Crippen LogP contribution in [0.3, 0.4) is 0 Å². The second-order valence-corrected chi connectivity index (χ2v) is 13.3. The molecule has 0 aliphatic carbocycles. The van der Waals surface area contributed by atoms with E-state index in [0.717, 1.165) is 35.0 Å². The normalized spacial score (nSPS) is 16.6. The van der Waals surface area contributed by atoms with Crippen LogP contribution in [0.4, 0.5) is 0 Å². The van der Waals surface area contributed by atoms with Gasteiger partial charge in [-0.3, -0.25) is 0 Å². The van der Waals surface area contributed by atoms with Crippen molar-refractivity contribution in [2.45, 2.75) is 61.9 Å². The second kappa shape index (κ2) is 10.3. The molecule has 4 aromatic rings. The van der Waals surface area contributed by atoms with Crippen molar-refractivity contribution < 1.29 is 16.8 Å². The summed E-state index contributed by atoms with van der Waals surface area (Å²) in [6.45, 7) is 5.09. The average molecular weight is 553 g/mol. The zero-order valence-electron chi connectivity index (χ0n) is 21.5. The first-order chi connectivity index (χ1) is 18.1. The standard InChI is InChI=1S/C28H32N4O4S2/c1-3-4-16-31-26-14-13-23(37(29,33)34)18-25(26)30-28(31)19-27-24-8-6-5-7-21(24)15-17-32(27)38(35,36)22-11-9-20(2)10-12-22/h5-14,18,27H,3-4,15-17,19H2,1-2H3,(H2,29,33,34)/t27-/m1/s1. The molecule has 8 nitrogen and oxygen atoms in total. The molecular formula is C28H32N4O4S2. The zero-order valence-corrected chi connectivity index (χ0v) is 23.2. The monoisotopic (exact) mass is 552 g/mol. The molecule has 1 aliphatic heterocycles. The van der Waals surface area contributed by atoms with Crippen LogP contribution in [0.2, 0.25) is 0 Å². The van der Waals surface area contributed by atoms with E-state index in [1.54, 1.807) is 22.5 Å². The summed E-state index contributed by atoms with van der Waals surface area (Å²) in [6, 6.07) is 19.2. The summed E-state index contributed by atoms with van der Waals surface area (Å²) in [7, 11) is -7.66. The fourth-order valence-electron chi connectivity index (χ4n) is 5.20. The first-order valence-electron chi connectivity index (χ1n) is 12.8. The Hall–Kier alpha value is -3.05. The van der Waals surface area contributed by atoms with Gasteiger partial charge in [0.1, 0.15) is 5.82 Å². The molecule has 3 aromatic carbocycles. The number of benzene rings is 3. The predicted molar refractivity (Wildman–Crippen MR) is 148 cm³/mol. The van der Waals surface area contributed by atoms with E-state index in [1.807, 2.05) is 37.3 Å². The molecule has 0 fully saturated rings. The molecule has 0 saturated heterocycles. The van der Waals surface area contributed by atoms with Gasteiger partial charge in [-0.05, 0) is 61.2 Å². The lowest BCUT2D eigenvalue weighted by atomic mass is 9.92. The molecule has 2 N–H and O–H groups in total. The van der Waals surface area contributed by atoms with Crippen molar-refractivity contribution in [3.8, 4) is 0 Å². The fraction of sp³-hybridized carbons (Fsp3) is 0.321. The third kappa shape index (κ3) is 5.01. The summed E-state index contributed by atoms with van der Waals surface area (Å²) < 4.78 is 55.4. The summed E-state index contributed by atoms with van der Waals surface area (Å²) in [5.41, 5.74) is 4.42. The maximum absolute atomic E-state index is 13.9. The number of nitrogens with two attached hydrogens (primary N) is 1. The highest BCUT2D eigenvalue weighted by Gasteiger charge is 2.37. The average Bonchev–Trinajstić information content (AvgIpc) is 3.23. The molecule has 10 heteroatoms. The lowest BCUT2D eigenvalue weighted by Crippen LogP contribution is -2.41. The fourth-order valence-corrected chi connectivity index (χ4v) is 7.34. The number of hydrogen-bond acceptors (Lipinski definition) is 5. The van der Waals surface area contributed by atoms with E-state index in [9.17, 15) is 16.8 Å². The topological polar surface area (TPSA) is 115 Å². The predicted octanol–water partition coefficient (Wildman–Crippen LogP) is 4.32. The first kappa shape index (κ1) is 26.6. The van der Waals surface area contributed by atoms with E-state index >= 15 is 0 Å². The minimum absolute atomic E-state index is 0.00304. The van der Waals surface area contributed by atoms with Crippen molar-refractivity contribution in [3.63, 3.8) is 0 Å². The maximum Gasteiger partial charge on any atom is 0.243 e. The number of imidazole rings is 1. The molecule has 0 bridgehead atoms. The van der Waals surface area contributed by atoms with Crippen LogP contribution in [-0.2, 0) is 39.4 Å². The van der Waals surface area contributed by atoms with Crippen LogP contribution in [0.15, 0.2) is 76.5 Å². The molecule has 5 rings (SSSR count). The number of hydrogen-bond donors (Lipinski definition) is 1. The van der Waals surface area contributed by atoms with Crippen molar-refractivity contribution in [1.82, 2.24) is 13.9 Å². The number of primary sulfonamides is 1. The number of aromatic nitrogens is 2. The highest BCUT2D eigenvalue weighted by molar-refractivity contribution is 7.89. The van der Waals surface area contributed by atoms with E-state index in [1.165, 1.54) is 12.1 Å². The summed E-state index contributed by atoms with van der Waals surface area (Å²) in [4.78, 5) is 5.10. The van der Waals surface area contributed by atoms with Crippen molar-refractivity contribution in [3.05, 3.63) is 89.2 Å². The van der Waals surface area contributed by atoms with Crippen molar-refractivity contribution in [2.24, 2.45) is 5.14 Å².